The molecular formula is C24H49N3. The van der Waals surface area contributed by atoms with Crippen LogP contribution in [0, 0.1) is 5.41 Å². The molecule has 0 aromatic heterocycles. The third kappa shape index (κ3) is 17.0. The summed E-state index contributed by atoms with van der Waals surface area (Å²) in [6.07, 6.45) is 19.7. The maximum Gasteiger partial charge on any atom is 0.0510 e. The van der Waals surface area contributed by atoms with E-state index in [-0.39, 0.29) is 0 Å². The van der Waals surface area contributed by atoms with E-state index in [4.69, 9.17) is 5.41 Å². The molecule has 0 rings (SSSR count). The number of hydrogen-bond donors (Lipinski definition) is 2. The van der Waals surface area contributed by atoms with Gasteiger partial charge in [-0.05, 0) is 52.7 Å². The molecule has 0 unspecified atom stereocenters. The quantitative estimate of drug-likeness (QED) is 0.178. The van der Waals surface area contributed by atoms with Gasteiger partial charge in [-0.2, -0.15) is 0 Å². The molecule has 0 bridgehead atoms. The van der Waals surface area contributed by atoms with Crippen LogP contribution in [-0.2, 0) is 0 Å². The second kappa shape index (κ2) is 19.9. The highest BCUT2D eigenvalue weighted by Gasteiger charge is 2.05. The van der Waals surface area contributed by atoms with E-state index in [9.17, 15) is 0 Å². The van der Waals surface area contributed by atoms with Gasteiger partial charge in [-0.25, -0.2) is 0 Å². The van der Waals surface area contributed by atoms with Crippen molar-refractivity contribution < 1.29 is 0 Å². The van der Waals surface area contributed by atoms with Crippen molar-refractivity contribution >= 4 is 5.71 Å². The van der Waals surface area contributed by atoms with Crippen molar-refractivity contribution in [1.29, 1.82) is 5.41 Å². The smallest absolute Gasteiger partial charge is 0.0510 e. The average molecular weight is 380 g/mol. The van der Waals surface area contributed by atoms with Crippen LogP contribution in [0.5, 0.6) is 0 Å². The summed E-state index contributed by atoms with van der Waals surface area (Å²) in [5.74, 6) is 0. The summed E-state index contributed by atoms with van der Waals surface area (Å²) in [6, 6.07) is 0. The van der Waals surface area contributed by atoms with Crippen molar-refractivity contribution in [3.8, 4) is 0 Å². The molecule has 0 aromatic rings. The van der Waals surface area contributed by atoms with Crippen LogP contribution in [0.3, 0.4) is 0 Å². The number of unbranched alkanes of at least 4 members (excludes halogenated alkanes) is 10. The Morgan fingerprint density at radius 3 is 1.63 bits per heavy atom. The van der Waals surface area contributed by atoms with Gasteiger partial charge in [-0.1, -0.05) is 84.1 Å². The Labute approximate surface area is 170 Å². The Hall–Kier alpha value is -0.830. The zero-order valence-corrected chi connectivity index (χ0v) is 19.0. The maximum atomic E-state index is 7.75. The highest BCUT2D eigenvalue weighted by molar-refractivity contribution is 5.94. The normalized spacial score (nSPS) is 12.0. The fraction of sp³-hybridized carbons (Fsp3) is 0.875. The van der Waals surface area contributed by atoms with Gasteiger partial charge in [0.25, 0.3) is 0 Å². The van der Waals surface area contributed by atoms with Gasteiger partial charge in [-0.15, -0.1) is 0 Å². The number of nitrogens with one attached hydrogen (secondary N) is 2. The van der Waals surface area contributed by atoms with Crippen molar-refractivity contribution in [2.75, 3.05) is 26.2 Å². The summed E-state index contributed by atoms with van der Waals surface area (Å²) >= 11 is 0. The number of hydrogen-bond acceptors (Lipinski definition) is 3. The lowest BCUT2D eigenvalue weighted by atomic mass is 10.1. The molecule has 0 saturated carbocycles. The first-order chi connectivity index (χ1) is 13.2. The van der Waals surface area contributed by atoms with E-state index in [1.807, 2.05) is 19.9 Å². The summed E-state index contributed by atoms with van der Waals surface area (Å²) in [6.45, 7) is 13.1. The monoisotopic (exact) mass is 379 g/mol. The molecule has 3 nitrogen and oxygen atoms in total. The lowest BCUT2D eigenvalue weighted by molar-refractivity contribution is 0.257. The minimum Gasteiger partial charge on any atom is -0.384 e. The van der Waals surface area contributed by atoms with E-state index in [1.54, 1.807) is 0 Å². The topological polar surface area (TPSA) is 39.1 Å². The molecule has 0 heterocycles. The second-order valence-electron chi connectivity index (χ2n) is 7.98. The van der Waals surface area contributed by atoms with Crippen LogP contribution >= 0.6 is 0 Å². The van der Waals surface area contributed by atoms with E-state index < -0.39 is 0 Å². The number of allylic oxidation sites excluding steroid dienone is 2. The molecule has 27 heavy (non-hydrogen) atoms. The molecule has 0 atom stereocenters. The Morgan fingerprint density at radius 1 is 0.741 bits per heavy atom. The van der Waals surface area contributed by atoms with Gasteiger partial charge >= 0.3 is 0 Å². The maximum absolute atomic E-state index is 7.75. The van der Waals surface area contributed by atoms with Gasteiger partial charge in [-0.3, -0.25) is 0 Å². The molecule has 0 aromatic carbocycles. The predicted octanol–water partition coefficient (Wildman–Crippen LogP) is 6.93. The molecule has 3 heteroatoms. The highest BCUT2D eigenvalue weighted by Crippen LogP contribution is 2.09. The van der Waals surface area contributed by atoms with Crippen LogP contribution in [0.1, 0.15) is 111 Å². The lowest BCUT2D eigenvalue weighted by Gasteiger charge is -2.23. The van der Waals surface area contributed by atoms with Crippen molar-refractivity contribution in [2.45, 2.75) is 111 Å². The summed E-state index contributed by atoms with van der Waals surface area (Å²) in [4.78, 5) is 2.69. The standard InChI is InChI=1S/C24H49N3/c1-5-8-10-12-14-16-20-27(21-17-15-13-11-9-6-2)22-18-19-26-24(7-3)23(4)25/h7,25-26H,5-6,8-22H2,1-4H3/b24-7+,25-23?. The fourth-order valence-corrected chi connectivity index (χ4v) is 3.54. The SMILES string of the molecule is C/C=C(/NCCCN(CCCCCCCC)CCCCCCCC)C(C)=N. The van der Waals surface area contributed by atoms with Crippen LogP contribution in [0.4, 0.5) is 0 Å². The molecule has 2 N–H and O–H groups in total. The van der Waals surface area contributed by atoms with E-state index in [0.29, 0.717) is 5.71 Å². The molecule has 0 saturated heterocycles. The molecular weight excluding hydrogens is 330 g/mol. The van der Waals surface area contributed by atoms with Gasteiger partial charge in [0.2, 0.25) is 0 Å². The fourth-order valence-electron chi connectivity index (χ4n) is 3.54. The van der Waals surface area contributed by atoms with Gasteiger partial charge in [0.15, 0.2) is 0 Å². The van der Waals surface area contributed by atoms with Crippen LogP contribution in [0.25, 0.3) is 0 Å². The van der Waals surface area contributed by atoms with E-state index >= 15 is 0 Å². The zero-order valence-electron chi connectivity index (χ0n) is 19.0. The highest BCUT2D eigenvalue weighted by atomic mass is 15.1. The van der Waals surface area contributed by atoms with Crippen molar-refractivity contribution in [1.82, 2.24) is 10.2 Å². The first-order valence-corrected chi connectivity index (χ1v) is 11.8. The zero-order chi connectivity index (χ0) is 20.2. The van der Waals surface area contributed by atoms with Crippen molar-refractivity contribution in [2.24, 2.45) is 0 Å². The van der Waals surface area contributed by atoms with Gasteiger partial charge in [0, 0.05) is 6.54 Å². The van der Waals surface area contributed by atoms with Gasteiger partial charge in [0.05, 0.1) is 11.4 Å². The summed E-state index contributed by atoms with van der Waals surface area (Å²) in [5.41, 5.74) is 1.61. The van der Waals surface area contributed by atoms with Crippen LogP contribution < -0.4 is 5.32 Å². The van der Waals surface area contributed by atoms with E-state index in [0.717, 1.165) is 18.7 Å². The van der Waals surface area contributed by atoms with Gasteiger partial charge in [0.1, 0.15) is 0 Å². The van der Waals surface area contributed by atoms with E-state index in [1.165, 1.54) is 96.7 Å². The van der Waals surface area contributed by atoms with Crippen LogP contribution in [0.2, 0.25) is 0 Å². The van der Waals surface area contributed by atoms with Crippen LogP contribution in [0.15, 0.2) is 11.8 Å². The Morgan fingerprint density at radius 2 is 1.19 bits per heavy atom. The Bertz CT molecular complexity index is 347. The average Bonchev–Trinajstić information content (AvgIpc) is 2.66. The third-order valence-electron chi connectivity index (χ3n) is 5.32. The molecule has 160 valence electrons. The first kappa shape index (κ1) is 26.2. The predicted molar refractivity (Wildman–Crippen MR) is 123 cm³/mol. The molecule has 0 spiro atoms. The lowest BCUT2D eigenvalue weighted by Crippen LogP contribution is -2.30. The number of nitrogens with zero attached hydrogens (tertiary/aromatic N) is 1. The number of rotatable bonds is 20. The minimum atomic E-state index is 0.633. The Balaban J connectivity index is 4.04. The van der Waals surface area contributed by atoms with Crippen molar-refractivity contribution in [3.05, 3.63) is 11.8 Å². The summed E-state index contributed by atoms with van der Waals surface area (Å²) in [7, 11) is 0. The van der Waals surface area contributed by atoms with Gasteiger partial charge < -0.3 is 15.6 Å². The second-order valence-corrected chi connectivity index (χ2v) is 7.98. The van der Waals surface area contributed by atoms with Crippen LogP contribution in [-0.4, -0.2) is 36.8 Å². The largest absolute Gasteiger partial charge is 0.384 e. The summed E-state index contributed by atoms with van der Waals surface area (Å²) in [5, 5.41) is 11.2. The molecule has 0 aliphatic carbocycles. The van der Waals surface area contributed by atoms with Crippen molar-refractivity contribution in [3.63, 3.8) is 0 Å². The molecule has 0 aliphatic rings. The molecule has 0 radical (unpaired) electrons. The minimum absolute atomic E-state index is 0.633. The van der Waals surface area contributed by atoms with E-state index in [2.05, 4.69) is 24.1 Å². The molecule has 0 amide bonds. The summed E-state index contributed by atoms with van der Waals surface area (Å²) < 4.78 is 0. The Kier molecular flexibility index (Phi) is 19.3. The third-order valence-corrected chi connectivity index (χ3v) is 5.32. The first-order valence-electron chi connectivity index (χ1n) is 11.8. The molecule has 0 fully saturated rings. The molecule has 0 aliphatic heterocycles.